The molecule has 2 aliphatic heterocycles. The van der Waals surface area contributed by atoms with E-state index in [2.05, 4.69) is 42.3 Å². The van der Waals surface area contributed by atoms with E-state index in [4.69, 9.17) is 15.5 Å². The molecule has 3 N–H and O–H groups in total. The van der Waals surface area contributed by atoms with Gasteiger partial charge in [-0.2, -0.15) is 0 Å². The van der Waals surface area contributed by atoms with Crippen molar-refractivity contribution in [3.63, 3.8) is 0 Å². The summed E-state index contributed by atoms with van der Waals surface area (Å²) in [5.41, 5.74) is 9.76. The molecular formula is C19H30N4O. The summed E-state index contributed by atoms with van der Waals surface area (Å²) in [5.74, 6) is 0.505. The number of nitrogens with two attached hydrogens (primary N) is 1. The van der Waals surface area contributed by atoms with E-state index in [1.54, 1.807) is 0 Å². The summed E-state index contributed by atoms with van der Waals surface area (Å²) in [6.45, 7) is 8.96. The van der Waals surface area contributed by atoms with E-state index in [1.165, 1.54) is 37.1 Å². The first-order valence-electron chi connectivity index (χ1n) is 9.05. The molecule has 0 amide bonds. The van der Waals surface area contributed by atoms with E-state index in [0.717, 1.165) is 38.3 Å². The van der Waals surface area contributed by atoms with Gasteiger partial charge in [-0.25, -0.2) is 0 Å². The van der Waals surface area contributed by atoms with Crippen molar-refractivity contribution in [2.75, 3.05) is 38.2 Å². The second-order valence-electron chi connectivity index (χ2n) is 7.23. The molecule has 0 spiro atoms. The molecule has 0 aliphatic carbocycles. The molecule has 5 nitrogen and oxygen atoms in total. The van der Waals surface area contributed by atoms with Crippen LogP contribution in [0.5, 0.6) is 0 Å². The van der Waals surface area contributed by atoms with Gasteiger partial charge in [0.2, 0.25) is 0 Å². The van der Waals surface area contributed by atoms with Gasteiger partial charge in [0.25, 0.3) is 0 Å². The third kappa shape index (κ3) is 4.08. The van der Waals surface area contributed by atoms with Crippen LogP contribution in [0.4, 0.5) is 5.69 Å². The maximum Gasteiger partial charge on any atom is 0.193 e. The Morgan fingerprint density at radius 2 is 1.79 bits per heavy atom. The molecule has 0 unspecified atom stereocenters. The lowest BCUT2D eigenvalue weighted by atomic mass is 9.88. The zero-order chi connectivity index (χ0) is 17.0. The molecule has 0 aromatic heterocycles. The predicted octanol–water partition coefficient (Wildman–Crippen LogP) is 2.68. The Bertz CT molecular complexity index is 567. The molecule has 0 radical (unpaired) electrons. The van der Waals surface area contributed by atoms with Crippen molar-refractivity contribution in [2.24, 2.45) is 10.7 Å². The van der Waals surface area contributed by atoms with Crippen molar-refractivity contribution in [1.29, 1.82) is 0 Å². The maximum absolute atomic E-state index is 6.17. The summed E-state index contributed by atoms with van der Waals surface area (Å²) in [5, 5.41) is 3.25. The fraction of sp³-hybridized carbons (Fsp3) is 0.632. The Hall–Kier alpha value is -1.59. The topological polar surface area (TPSA) is 62.9 Å². The third-order valence-electron chi connectivity index (χ3n) is 5.24. The smallest absolute Gasteiger partial charge is 0.193 e. The van der Waals surface area contributed by atoms with Gasteiger partial charge in [-0.3, -0.25) is 9.89 Å². The largest absolute Gasteiger partial charge is 0.381 e. The van der Waals surface area contributed by atoms with Crippen LogP contribution in [0.2, 0.25) is 0 Å². The number of likely N-dealkylation sites (tertiary alicyclic amines) is 1. The summed E-state index contributed by atoms with van der Waals surface area (Å²) >= 11 is 0. The SMILES string of the molecule is Cc1cc(C)cc(NC(N)=NCC2(N3CCCC3)CCOCC2)c1. The highest BCUT2D eigenvalue weighted by molar-refractivity contribution is 5.92. The first kappa shape index (κ1) is 17.2. The fourth-order valence-corrected chi connectivity index (χ4v) is 3.98. The monoisotopic (exact) mass is 330 g/mol. The van der Waals surface area contributed by atoms with Gasteiger partial charge in [-0.1, -0.05) is 6.07 Å². The van der Waals surface area contributed by atoms with Crippen LogP contribution in [0.1, 0.15) is 36.8 Å². The molecule has 2 aliphatic rings. The summed E-state index contributed by atoms with van der Waals surface area (Å²) in [7, 11) is 0. The second kappa shape index (κ2) is 7.53. The van der Waals surface area contributed by atoms with E-state index >= 15 is 0 Å². The van der Waals surface area contributed by atoms with E-state index in [1.807, 2.05) is 0 Å². The Morgan fingerprint density at radius 3 is 2.42 bits per heavy atom. The van der Waals surface area contributed by atoms with E-state index in [0.29, 0.717) is 5.96 Å². The van der Waals surface area contributed by atoms with Gasteiger partial charge in [-0.15, -0.1) is 0 Å². The summed E-state index contributed by atoms with van der Waals surface area (Å²) in [4.78, 5) is 7.32. The van der Waals surface area contributed by atoms with Gasteiger partial charge in [0.1, 0.15) is 0 Å². The van der Waals surface area contributed by atoms with Gasteiger partial charge >= 0.3 is 0 Å². The van der Waals surface area contributed by atoms with Gasteiger partial charge in [0.05, 0.1) is 6.54 Å². The average Bonchev–Trinajstić information content (AvgIpc) is 3.08. The molecule has 2 heterocycles. The first-order valence-corrected chi connectivity index (χ1v) is 9.05. The molecule has 2 saturated heterocycles. The van der Waals surface area contributed by atoms with Crippen LogP contribution in [0.15, 0.2) is 23.2 Å². The Kier molecular flexibility index (Phi) is 5.41. The Balaban J connectivity index is 1.69. The highest BCUT2D eigenvalue weighted by Gasteiger charge is 2.39. The molecule has 3 rings (SSSR count). The van der Waals surface area contributed by atoms with Crippen LogP contribution in [0.3, 0.4) is 0 Å². The lowest BCUT2D eigenvalue weighted by Crippen LogP contribution is -2.53. The van der Waals surface area contributed by atoms with Crippen LogP contribution in [-0.4, -0.2) is 49.2 Å². The highest BCUT2D eigenvalue weighted by atomic mass is 16.5. The lowest BCUT2D eigenvalue weighted by molar-refractivity contribution is -0.0138. The van der Waals surface area contributed by atoms with E-state index in [-0.39, 0.29) is 5.54 Å². The molecule has 5 heteroatoms. The third-order valence-corrected chi connectivity index (χ3v) is 5.24. The van der Waals surface area contributed by atoms with Crippen LogP contribution < -0.4 is 11.1 Å². The van der Waals surface area contributed by atoms with Crippen LogP contribution in [-0.2, 0) is 4.74 Å². The average molecular weight is 330 g/mol. The van der Waals surface area contributed by atoms with Crippen molar-refractivity contribution in [3.8, 4) is 0 Å². The molecule has 1 aromatic rings. The number of guanidine groups is 1. The van der Waals surface area contributed by atoms with Crippen LogP contribution >= 0.6 is 0 Å². The predicted molar refractivity (Wildman–Crippen MR) is 99.6 cm³/mol. The fourth-order valence-electron chi connectivity index (χ4n) is 3.98. The summed E-state index contributed by atoms with van der Waals surface area (Å²) in [6, 6.07) is 6.35. The minimum Gasteiger partial charge on any atom is -0.381 e. The number of aryl methyl sites for hydroxylation is 2. The molecule has 1 aromatic carbocycles. The molecular weight excluding hydrogens is 300 g/mol. The molecule has 2 fully saturated rings. The van der Waals surface area contributed by atoms with Crippen molar-refractivity contribution < 1.29 is 4.74 Å². The standard InChI is InChI=1S/C19H30N4O/c1-15-11-16(2)13-17(12-15)22-18(20)21-14-19(5-9-24-10-6-19)23-7-3-4-8-23/h11-13H,3-10,14H2,1-2H3,(H3,20,21,22). The van der Waals surface area contributed by atoms with Gasteiger partial charge in [0.15, 0.2) is 5.96 Å². The highest BCUT2D eigenvalue weighted by Crippen LogP contribution is 2.31. The van der Waals surface area contributed by atoms with Crippen molar-refractivity contribution in [3.05, 3.63) is 29.3 Å². The van der Waals surface area contributed by atoms with Gasteiger partial charge < -0.3 is 15.8 Å². The van der Waals surface area contributed by atoms with Crippen LogP contribution in [0, 0.1) is 13.8 Å². The molecule has 0 atom stereocenters. The lowest BCUT2D eigenvalue weighted by Gasteiger charge is -2.43. The Morgan fingerprint density at radius 1 is 1.17 bits per heavy atom. The number of benzene rings is 1. The number of nitrogens with zero attached hydrogens (tertiary/aromatic N) is 2. The zero-order valence-electron chi connectivity index (χ0n) is 15.0. The minimum absolute atomic E-state index is 0.129. The quantitative estimate of drug-likeness (QED) is 0.658. The number of ether oxygens (including phenoxy) is 1. The number of hydrogen-bond acceptors (Lipinski definition) is 3. The maximum atomic E-state index is 6.17. The normalized spacial score (nSPS) is 21.8. The number of nitrogens with one attached hydrogen (secondary N) is 1. The minimum atomic E-state index is 0.129. The number of hydrogen-bond donors (Lipinski definition) is 2. The molecule has 0 saturated carbocycles. The number of rotatable bonds is 4. The summed E-state index contributed by atoms with van der Waals surface area (Å²) < 4.78 is 5.59. The second-order valence-corrected chi connectivity index (χ2v) is 7.23. The zero-order valence-corrected chi connectivity index (χ0v) is 15.0. The molecule has 0 bridgehead atoms. The Labute approximate surface area is 145 Å². The van der Waals surface area contributed by atoms with Crippen molar-refractivity contribution in [1.82, 2.24) is 4.90 Å². The number of aliphatic imine (C=N–C) groups is 1. The van der Waals surface area contributed by atoms with E-state index < -0.39 is 0 Å². The van der Waals surface area contributed by atoms with Crippen LogP contribution in [0.25, 0.3) is 0 Å². The molecule has 24 heavy (non-hydrogen) atoms. The summed E-state index contributed by atoms with van der Waals surface area (Å²) in [6.07, 6.45) is 4.69. The van der Waals surface area contributed by atoms with Gasteiger partial charge in [-0.05, 0) is 75.9 Å². The van der Waals surface area contributed by atoms with Crippen molar-refractivity contribution >= 4 is 11.6 Å². The molecule has 132 valence electrons. The van der Waals surface area contributed by atoms with Crippen molar-refractivity contribution in [2.45, 2.75) is 45.1 Å². The number of anilines is 1. The first-order chi connectivity index (χ1) is 11.6. The van der Waals surface area contributed by atoms with Gasteiger partial charge in [0, 0.05) is 24.4 Å². The van der Waals surface area contributed by atoms with E-state index in [9.17, 15) is 0 Å².